The normalized spacial score (nSPS) is 17.8. The van der Waals surface area contributed by atoms with Gasteiger partial charge in [-0.05, 0) is 17.7 Å². The van der Waals surface area contributed by atoms with Gasteiger partial charge in [-0.3, -0.25) is 9.79 Å². The van der Waals surface area contributed by atoms with Crippen LogP contribution in [0.3, 0.4) is 0 Å². The topological polar surface area (TPSA) is 106 Å². The van der Waals surface area contributed by atoms with Gasteiger partial charge in [0.25, 0.3) is 5.89 Å². The van der Waals surface area contributed by atoms with Crippen LogP contribution in [0.15, 0.2) is 82.3 Å². The lowest BCUT2D eigenvalue weighted by Crippen LogP contribution is -2.37. The molecule has 1 N–H and O–H groups in total. The van der Waals surface area contributed by atoms with Crippen LogP contribution in [0.4, 0.5) is 11.8 Å². The second-order valence-electron chi connectivity index (χ2n) is 8.58. The SMILES string of the molecule is O=C1Cc2ccccc2C(c2ccccc2)=N[C@@H]1Nc1nnc(-c2cccnc2N2CCOCC2)o1. The predicted octanol–water partition coefficient (Wildman–Crippen LogP) is 3.37. The van der Waals surface area contributed by atoms with Gasteiger partial charge in [0, 0.05) is 36.8 Å². The van der Waals surface area contributed by atoms with Crippen LogP contribution >= 0.6 is 0 Å². The van der Waals surface area contributed by atoms with E-state index in [2.05, 4.69) is 25.4 Å². The highest BCUT2D eigenvalue weighted by atomic mass is 16.5. The Balaban J connectivity index is 1.32. The number of rotatable bonds is 5. The average Bonchev–Trinajstić information content (AvgIpc) is 3.35. The van der Waals surface area contributed by atoms with E-state index in [9.17, 15) is 4.79 Å². The van der Waals surface area contributed by atoms with Crippen molar-refractivity contribution in [1.82, 2.24) is 15.2 Å². The fraction of sp³-hybridized carbons (Fsp3) is 0.222. The lowest BCUT2D eigenvalue weighted by molar-refractivity contribution is -0.119. The third kappa shape index (κ3) is 4.36. The molecule has 1 atom stereocenters. The van der Waals surface area contributed by atoms with Crippen molar-refractivity contribution in [1.29, 1.82) is 0 Å². The van der Waals surface area contributed by atoms with Crippen LogP contribution in [-0.2, 0) is 16.0 Å². The molecule has 9 heteroatoms. The highest BCUT2D eigenvalue weighted by molar-refractivity contribution is 6.16. The number of aliphatic imine (C=N–C) groups is 1. The van der Waals surface area contributed by atoms with E-state index in [1.165, 1.54) is 0 Å². The molecule has 9 nitrogen and oxygen atoms in total. The molecule has 4 heterocycles. The molecule has 1 fully saturated rings. The second-order valence-corrected chi connectivity index (χ2v) is 8.58. The van der Waals surface area contributed by atoms with Crippen molar-refractivity contribution in [3.63, 3.8) is 0 Å². The first-order valence-electron chi connectivity index (χ1n) is 11.9. The first-order valence-corrected chi connectivity index (χ1v) is 11.9. The van der Waals surface area contributed by atoms with E-state index in [0.717, 1.165) is 46.9 Å². The first kappa shape index (κ1) is 22.1. The van der Waals surface area contributed by atoms with Crippen molar-refractivity contribution in [3.05, 3.63) is 89.6 Å². The Bertz CT molecular complexity index is 1410. The lowest BCUT2D eigenvalue weighted by atomic mass is 9.96. The summed E-state index contributed by atoms with van der Waals surface area (Å²) in [5, 5.41) is 11.5. The molecule has 4 aromatic rings. The van der Waals surface area contributed by atoms with Gasteiger partial charge in [-0.15, -0.1) is 5.10 Å². The number of nitrogens with zero attached hydrogens (tertiary/aromatic N) is 5. The summed E-state index contributed by atoms with van der Waals surface area (Å²) in [5.74, 6) is 1.01. The number of pyridine rings is 1. The lowest BCUT2D eigenvalue weighted by Gasteiger charge is -2.28. The van der Waals surface area contributed by atoms with Crippen molar-refractivity contribution in [2.45, 2.75) is 12.6 Å². The Hall–Kier alpha value is -4.37. The zero-order valence-corrected chi connectivity index (χ0v) is 19.5. The number of carbonyl (C=O) groups is 1. The molecule has 0 unspecified atom stereocenters. The number of ether oxygens (including phenoxy) is 1. The molecule has 1 saturated heterocycles. The zero-order valence-electron chi connectivity index (χ0n) is 19.5. The minimum absolute atomic E-state index is 0.0801. The number of fused-ring (bicyclic) bond motifs is 1. The largest absolute Gasteiger partial charge is 0.403 e. The van der Waals surface area contributed by atoms with Gasteiger partial charge in [0.05, 0.1) is 24.5 Å². The van der Waals surface area contributed by atoms with Crippen molar-refractivity contribution in [3.8, 4) is 11.5 Å². The number of nitrogens with one attached hydrogen (secondary N) is 1. The minimum atomic E-state index is -0.867. The predicted molar refractivity (Wildman–Crippen MR) is 135 cm³/mol. The maximum Gasteiger partial charge on any atom is 0.317 e. The average molecular weight is 481 g/mol. The monoisotopic (exact) mass is 480 g/mol. The second kappa shape index (κ2) is 9.71. The van der Waals surface area contributed by atoms with Crippen LogP contribution in [0.5, 0.6) is 0 Å². The van der Waals surface area contributed by atoms with Crippen molar-refractivity contribution >= 4 is 23.3 Å². The van der Waals surface area contributed by atoms with E-state index in [1.807, 2.05) is 66.7 Å². The molecule has 36 heavy (non-hydrogen) atoms. The fourth-order valence-electron chi connectivity index (χ4n) is 4.50. The van der Waals surface area contributed by atoms with E-state index in [4.69, 9.17) is 14.1 Å². The first-order chi connectivity index (χ1) is 17.8. The highest BCUT2D eigenvalue weighted by Crippen LogP contribution is 2.30. The zero-order chi connectivity index (χ0) is 24.3. The smallest absolute Gasteiger partial charge is 0.317 e. The third-order valence-electron chi connectivity index (χ3n) is 6.26. The standard InChI is InChI=1S/C27H24N6O3/c34-22-17-19-9-4-5-10-20(19)23(18-7-2-1-3-8-18)29-24(22)30-27-32-31-26(36-27)21-11-6-12-28-25(21)33-13-15-35-16-14-33/h1-12,24H,13-17H2,(H,30,32)/t24-/m1/s1. The van der Waals surface area contributed by atoms with Gasteiger partial charge in [-0.1, -0.05) is 59.7 Å². The molecular weight excluding hydrogens is 456 g/mol. The summed E-state index contributed by atoms with van der Waals surface area (Å²) in [4.78, 5) is 24.7. The fourth-order valence-corrected chi connectivity index (χ4v) is 4.50. The number of ketones is 1. The number of benzene rings is 2. The van der Waals surface area contributed by atoms with Crippen LogP contribution in [0.2, 0.25) is 0 Å². The Morgan fingerprint density at radius 3 is 2.53 bits per heavy atom. The van der Waals surface area contributed by atoms with Gasteiger partial charge in [0.1, 0.15) is 5.82 Å². The van der Waals surface area contributed by atoms with Crippen LogP contribution in [0.1, 0.15) is 16.7 Å². The summed E-state index contributed by atoms with van der Waals surface area (Å²) in [6.07, 6.45) is 1.12. The number of carbonyl (C=O) groups excluding carboxylic acids is 1. The molecule has 2 aromatic carbocycles. The van der Waals surface area contributed by atoms with Crippen LogP contribution in [-0.4, -0.2) is 59.1 Å². The van der Waals surface area contributed by atoms with Crippen LogP contribution < -0.4 is 10.2 Å². The molecule has 2 aromatic heterocycles. The van der Waals surface area contributed by atoms with Crippen LogP contribution in [0, 0.1) is 0 Å². The quantitative estimate of drug-likeness (QED) is 0.464. The van der Waals surface area contributed by atoms with Crippen molar-refractivity contribution < 1.29 is 13.9 Å². The Labute approximate surface area is 207 Å². The van der Waals surface area contributed by atoms with Crippen LogP contribution in [0.25, 0.3) is 11.5 Å². The molecule has 0 bridgehead atoms. The molecule has 0 aliphatic carbocycles. The number of hydrogen-bond donors (Lipinski definition) is 1. The van der Waals surface area contributed by atoms with Gasteiger partial charge >= 0.3 is 6.01 Å². The number of morpholine rings is 1. The maximum atomic E-state index is 13.2. The number of aromatic nitrogens is 3. The number of Topliss-reactive ketones (excluding diaryl/α,β-unsaturated/α-hetero) is 1. The van der Waals surface area contributed by atoms with Gasteiger partial charge < -0.3 is 19.4 Å². The molecule has 0 saturated carbocycles. The molecule has 0 radical (unpaired) electrons. The number of hydrogen-bond acceptors (Lipinski definition) is 9. The van der Waals surface area contributed by atoms with Gasteiger partial charge in [-0.2, -0.15) is 0 Å². The van der Waals surface area contributed by atoms with Crippen molar-refractivity contribution in [2.24, 2.45) is 4.99 Å². The Kier molecular flexibility index (Phi) is 5.96. The van der Waals surface area contributed by atoms with Gasteiger partial charge in [0.15, 0.2) is 11.9 Å². The molecule has 0 spiro atoms. The Morgan fingerprint density at radius 2 is 1.67 bits per heavy atom. The summed E-state index contributed by atoms with van der Waals surface area (Å²) in [5.41, 5.74) is 4.29. The summed E-state index contributed by atoms with van der Waals surface area (Å²) in [7, 11) is 0. The minimum Gasteiger partial charge on any atom is -0.403 e. The number of anilines is 2. The van der Waals surface area contributed by atoms with E-state index in [-0.39, 0.29) is 18.2 Å². The van der Waals surface area contributed by atoms with E-state index in [1.54, 1.807) is 6.20 Å². The molecule has 2 aliphatic heterocycles. The molecule has 6 rings (SSSR count). The molecule has 180 valence electrons. The summed E-state index contributed by atoms with van der Waals surface area (Å²) in [6, 6.07) is 21.6. The summed E-state index contributed by atoms with van der Waals surface area (Å²) in [6.45, 7) is 2.75. The summed E-state index contributed by atoms with van der Waals surface area (Å²) >= 11 is 0. The van der Waals surface area contributed by atoms with Gasteiger partial charge in [-0.25, -0.2) is 4.98 Å². The van der Waals surface area contributed by atoms with Gasteiger partial charge in [0.2, 0.25) is 0 Å². The van der Waals surface area contributed by atoms with Crippen molar-refractivity contribution in [2.75, 3.05) is 36.5 Å². The summed E-state index contributed by atoms with van der Waals surface area (Å²) < 4.78 is 11.4. The molecular formula is C27H24N6O3. The van der Waals surface area contributed by atoms with E-state index < -0.39 is 6.17 Å². The maximum absolute atomic E-state index is 13.2. The highest BCUT2D eigenvalue weighted by Gasteiger charge is 2.28. The third-order valence-corrected chi connectivity index (χ3v) is 6.26. The molecule has 0 amide bonds. The van der Waals surface area contributed by atoms with E-state index >= 15 is 0 Å². The van der Waals surface area contributed by atoms with E-state index in [0.29, 0.717) is 19.1 Å². The Morgan fingerprint density at radius 1 is 0.889 bits per heavy atom. The molecule has 2 aliphatic rings.